The van der Waals surface area contributed by atoms with Crippen LogP contribution in [0.15, 0.2) is 48.5 Å². The zero-order valence-corrected chi connectivity index (χ0v) is 11.6. The van der Waals surface area contributed by atoms with Gasteiger partial charge < -0.3 is 9.47 Å². The lowest BCUT2D eigenvalue weighted by molar-refractivity contribution is -0.144. The first-order chi connectivity index (χ1) is 10.3. The number of ether oxygens (including phenoxy) is 2. The van der Waals surface area contributed by atoms with Crippen LogP contribution in [0.1, 0.15) is 13.3 Å². The van der Waals surface area contributed by atoms with Crippen LogP contribution in [0.3, 0.4) is 0 Å². The summed E-state index contributed by atoms with van der Waals surface area (Å²) in [7, 11) is 0. The summed E-state index contributed by atoms with van der Waals surface area (Å²) in [6.07, 6.45) is 0.0708. The molecule has 1 aliphatic heterocycles. The zero-order chi connectivity index (χ0) is 14.4. The molecule has 1 heterocycles. The average Bonchev–Trinajstić information content (AvgIpc) is 2.54. The molecule has 0 radical (unpaired) electrons. The summed E-state index contributed by atoms with van der Waals surface area (Å²) in [6, 6.07) is 16.0. The van der Waals surface area contributed by atoms with Gasteiger partial charge in [-0.25, -0.2) is 4.79 Å². The van der Waals surface area contributed by atoms with Gasteiger partial charge in [0.15, 0.2) is 17.6 Å². The maximum Gasteiger partial charge on any atom is 0.352 e. The third kappa shape index (κ3) is 1.70. The average molecular weight is 278 g/mol. The summed E-state index contributed by atoms with van der Waals surface area (Å²) in [5, 5.41) is 4.07. The summed E-state index contributed by atoms with van der Waals surface area (Å²) in [6.45, 7) is 1.92. The molecule has 0 spiro atoms. The van der Waals surface area contributed by atoms with Gasteiger partial charge >= 0.3 is 5.97 Å². The Bertz CT molecular complexity index is 867. The first-order valence-electron chi connectivity index (χ1n) is 7.11. The predicted molar refractivity (Wildman–Crippen MR) is 81.8 cm³/mol. The molecule has 1 atom stereocenters. The van der Waals surface area contributed by atoms with E-state index in [0.29, 0.717) is 17.9 Å². The molecular formula is C18H14O3. The molecule has 104 valence electrons. The Labute approximate surface area is 122 Å². The van der Waals surface area contributed by atoms with Crippen LogP contribution in [0.25, 0.3) is 21.5 Å². The van der Waals surface area contributed by atoms with E-state index >= 15 is 0 Å². The van der Waals surface area contributed by atoms with Gasteiger partial charge in [0.05, 0.1) is 0 Å². The highest BCUT2D eigenvalue weighted by atomic mass is 16.6. The van der Waals surface area contributed by atoms with Crippen molar-refractivity contribution in [3.05, 3.63) is 48.5 Å². The Morgan fingerprint density at radius 2 is 1.38 bits per heavy atom. The van der Waals surface area contributed by atoms with Crippen molar-refractivity contribution < 1.29 is 14.3 Å². The normalized spacial score (nSPS) is 17.4. The minimum Gasteiger partial charge on any atom is -0.474 e. The van der Waals surface area contributed by atoms with Crippen molar-refractivity contribution in [1.29, 1.82) is 0 Å². The van der Waals surface area contributed by atoms with E-state index in [1.54, 1.807) is 0 Å². The van der Waals surface area contributed by atoms with Gasteiger partial charge in [0, 0.05) is 10.8 Å². The topological polar surface area (TPSA) is 35.5 Å². The van der Waals surface area contributed by atoms with E-state index in [1.807, 2.05) is 49.4 Å². The van der Waals surface area contributed by atoms with Gasteiger partial charge in [-0.3, -0.25) is 0 Å². The van der Waals surface area contributed by atoms with Crippen LogP contribution in [0.4, 0.5) is 0 Å². The lowest BCUT2D eigenvalue weighted by atomic mass is 9.99. The Morgan fingerprint density at radius 1 is 0.857 bits per heavy atom. The fourth-order valence-electron chi connectivity index (χ4n) is 2.90. The van der Waals surface area contributed by atoms with Crippen molar-refractivity contribution in [1.82, 2.24) is 0 Å². The quantitative estimate of drug-likeness (QED) is 0.382. The molecule has 0 aliphatic carbocycles. The maximum absolute atomic E-state index is 12.0. The first kappa shape index (κ1) is 12.2. The molecule has 0 saturated carbocycles. The van der Waals surface area contributed by atoms with Crippen molar-refractivity contribution in [2.45, 2.75) is 19.4 Å². The van der Waals surface area contributed by atoms with Gasteiger partial charge in [-0.2, -0.15) is 0 Å². The molecule has 0 fully saturated rings. The molecular weight excluding hydrogens is 264 g/mol. The van der Waals surface area contributed by atoms with E-state index in [2.05, 4.69) is 6.07 Å². The van der Waals surface area contributed by atoms with Crippen molar-refractivity contribution in [2.75, 3.05) is 0 Å². The molecule has 3 aromatic carbocycles. The number of fused-ring (bicyclic) bond motifs is 6. The molecule has 1 aliphatic rings. The van der Waals surface area contributed by atoms with Crippen molar-refractivity contribution in [3.8, 4) is 11.5 Å². The van der Waals surface area contributed by atoms with Gasteiger partial charge in [0.25, 0.3) is 0 Å². The Balaban J connectivity index is 2.14. The highest BCUT2D eigenvalue weighted by Gasteiger charge is 2.31. The fourth-order valence-corrected chi connectivity index (χ4v) is 2.90. The molecule has 0 N–H and O–H groups in total. The number of esters is 1. The molecule has 0 unspecified atom stereocenters. The zero-order valence-electron chi connectivity index (χ0n) is 11.6. The monoisotopic (exact) mass is 278 g/mol. The Hall–Kier alpha value is -2.55. The molecule has 4 rings (SSSR count). The van der Waals surface area contributed by atoms with Crippen LogP contribution >= 0.6 is 0 Å². The van der Waals surface area contributed by atoms with Crippen LogP contribution in [-0.2, 0) is 4.79 Å². The number of carbonyl (C=O) groups excluding carboxylic acids is 1. The van der Waals surface area contributed by atoms with Crippen LogP contribution in [0, 0.1) is 0 Å². The fraction of sp³-hybridized carbons (Fsp3) is 0.167. The third-order valence-electron chi connectivity index (χ3n) is 3.94. The number of rotatable bonds is 1. The number of hydrogen-bond donors (Lipinski definition) is 0. The SMILES string of the molecule is CC[C@H]1Oc2c(c3ccccc3c3ccccc23)OC1=O. The van der Waals surface area contributed by atoms with Crippen LogP contribution < -0.4 is 9.47 Å². The number of benzene rings is 3. The standard InChI is InChI=1S/C18H14O3/c1-2-15-18(19)21-17-14-10-6-4-8-12(14)11-7-3-5-9-13(11)16(17)20-15/h3-10,15H,2H2,1H3/t15-/m1/s1. The molecule has 0 amide bonds. The molecule has 3 nitrogen and oxygen atoms in total. The lowest BCUT2D eigenvalue weighted by Gasteiger charge is -2.26. The smallest absolute Gasteiger partial charge is 0.352 e. The second kappa shape index (κ2) is 4.48. The van der Waals surface area contributed by atoms with Crippen molar-refractivity contribution >= 4 is 27.5 Å². The van der Waals surface area contributed by atoms with Crippen LogP contribution in [0.5, 0.6) is 11.5 Å². The number of carbonyl (C=O) groups is 1. The second-order valence-electron chi connectivity index (χ2n) is 5.19. The van der Waals surface area contributed by atoms with Gasteiger partial charge in [-0.15, -0.1) is 0 Å². The minimum absolute atomic E-state index is 0.314. The molecule has 0 bridgehead atoms. The van der Waals surface area contributed by atoms with Gasteiger partial charge in [-0.05, 0) is 17.2 Å². The maximum atomic E-state index is 12.0. The summed E-state index contributed by atoms with van der Waals surface area (Å²) in [4.78, 5) is 12.0. The Kier molecular flexibility index (Phi) is 2.61. The summed E-state index contributed by atoms with van der Waals surface area (Å²) in [5.41, 5.74) is 0. The van der Waals surface area contributed by atoms with E-state index in [4.69, 9.17) is 9.47 Å². The Morgan fingerprint density at radius 3 is 1.95 bits per heavy atom. The first-order valence-corrected chi connectivity index (χ1v) is 7.11. The molecule has 21 heavy (non-hydrogen) atoms. The predicted octanol–water partition coefficient (Wildman–Crippen LogP) is 4.07. The minimum atomic E-state index is -0.526. The molecule has 0 aromatic heterocycles. The molecule has 0 saturated heterocycles. The largest absolute Gasteiger partial charge is 0.474 e. The molecule has 3 heteroatoms. The van der Waals surface area contributed by atoms with E-state index in [1.165, 1.54) is 0 Å². The van der Waals surface area contributed by atoms with Gasteiger partial charge in [0.2, 0.25) is 0 Å². The lowest BCUT2D eigenvalue weighted by Crippen LogP contribution is -2.34. The van der Waals surface area contributed by atoms with E-state index in [0.717, 1.165) is 21.5 Å². The van der Waals surface area contributed by atoms with Crippen LogP contribution in [0.2, 0.25) is 0 Å². The van der Waals surface area contributed by atoms with E-state index in [9.17, 15) is 4.79 Å². The van der Waals surface area contributed by atoms with Gasteiger partial charge in [0.1, 0.15) is 0 Å². The highest BCUT2D eigenvalue weighted by Crippen LogP contribution is 2.46. The number of hydrogen-bond acceptors (Lipinski definition) is 3. The van der Waals surface area contributed by atoms with Crippen molar-refractivity contribution in [3.63, 3.8) is 0 Å². The summed E-state index contributed by atoms with van der Waals surface area (Å²) < 4.78 is 11.5. The van der Waals surface area contributed by atoms with Gasteiger partial charge in [-0.1, -0.05) is 55.5 Å². The van der Waals surface area contributed by atoms with Crippen LogP contribution in [-0.4, -0.2) is 12.1 Å². The van der Waals surface area contributed by atoms with Crippen molar-refractivity contribution in [2.24, 2.45) is 0 Å². The third-order valence-corrected chi connectivity index (χ3v) is 3.94. The van der Waals surface area contributed by atoms with E-state index < -0.39 is 6.10 Å². The highest BCUT2D eigenvalue weighted by molar-refractivity contribution is 6.14. The van der Waals surface area contributed by atoms with E-state index in [-0.39, 0.29) is 5.97 Å². The summed E-state index contributed by atoms with van der Waals surface area (Å²) in [5.74, 6) is 0.903. The second-order valence-corrected chi connectivity index (χ2v) is 5.19. The summed E-state index contributed by atoms with van der Waals surface area (Å²) >= 11 is 0. The molecule has 3 aromatic rings.